The maximum atomic E-state index is 12.6. The summed E-state index contributed by atoms with van der Waals surface area (Å²) >= 11 is 0. The van der Waals surface area contributed by atoms with E-state index in [0.29, 0.717) is 13.0 Å². The van der Waals surface area contributed by atoms with Gasteiger partial charge in [0.2, 0.25) is 11.8 Å². The van der Waals surface area contributed by atoms with Crippen molar-refractivity contribution in [2.75, 3.05) is 6.54 Å². The molecule has 0 aliphatic carbocycles. The number of hydrogen-bond acceptors (Lipinski definition) is 5. The Bertz CT molecular complexity index is 580. The van der Waals surface area contributed by atoms with Crippen LogP contribution in [-0.2, 0) is 14.4 Å². The van der Waals surface area contributed by atoms with E-state index in [4.69, 9.17) is 5.11 Å². The summed E-state index contributed by atoms with van der Waals surface area (Å²) in [6.07, 6.45) is -2.05. The highest BCUT2D eigenvalue weighted by molar-refractivity contribution is 5.87. The van der Waals surface area contributed by atoms with Gasteiger partial charge in [0.15, 0.2) is 6.10 Å². The van der Waals surface area contributed by atoms with E-state index in [-0.39, 0.29) is 30.7 Å². The number of carbonyl (C=O) groups is 4. The molecule has 6 N–H and O–H groups in total. The Balaban J connectivity index is 2.94. The Morgan fingerprint density at radius 3 is 2.21 bits per heavy atom. The quantitative estimate of drug-likeness (QED) is 0.292. The number of rotatable bonds is 10. The van der Waals surface area contributed by atoms with Crippen LogP contribution in [0.5, 0.6) is 0 Å². The van der Waals surface area contributed by atoms with E-state index < -0.39 is 42.0 Å². The number of hydrogen-bond donors (Lipinski definition) is 6. The van der Waals surface area contributed by atoms with Crippen LogP contribution in [0.15, 0.2) is 0 Å². The summed E-state index contributed by atoms with van der Waals surface area (Å²) in [6, 6.07) is -2.27. The Kier molecular flexibility index (Phi) is 9.17. The Labute approximate surface area is 164 Å². The molecule has 0 aromatic rings. The van der Waals surface area contributed by atoms with Gasteiger partial charge in [0.25, 0.3) is 5.91 Å². The monoisotopic (exact) mass is 400 g/mol. The van der Waals surface area contributed by atoms with E-state index >= 15 is 0 Å². The third-order valence-corrected chi connectivity index (χ3v) is 4.43. The SMILES string of the molecule is CC(C)C[C@H](NC(=O)O)C(=O)N[C@@H](CC1CCNC1=O)C(O)C(=O)NC(C)C. The van der Waals surface area contributed by atoms with Crippen molar-refractivity contribution in [2.24, 2.45) is 11.8 Å². The number of carboxylic acid groups (broad SMARTS) is 1. The number of aliphatic hydroxyl groups is 1. The summed E-state index contributed by atoms with van der Waals surface area (Å²) in [5.74, 6) is -1.90. The normalized spacial score (nSPS) is 19.7. The van der Waals surface area contributed by atoms with Crippen molar-refractivity contribution in [3.05, 3.63) is 0 Å². The first-order chi connectivity index (χ1) is 13.0. The molecule has 160 valence electrons. The summed E-state index contributed by atoms with van der Waals surface area (Å²) in [5, 5.41) is 29.4. The van der Waals surface area contributed by atoms with Gasteiger partial charge in [-0.2, -0.15) is 0 Å². The number of carbonyl (C=O) groups excluding carboxylic acids is 3. The first-order valence-electron chi connectivity index (χ1n) is 9.57. The molecule has 0 radical (unpaired) electrons. The van der Waals surface area contributed by atoms with Crippen LogP contribution in [0.4, 0.5) is 4.79 Å². The molecular formula is C18H32N4O6. The molecule has 4 atom stereocenters. The van der Waals surface area contributed by atoms with E-state index in [1.807, 2.05) is 13.8 Å². The minimum absolute atomic E-state index is 0.0378. The van der Waals surface area contributed by atoms with Gasteiger partial charge in [-0.3, -0.25) is 14.4 Å². The maximum Gasteiger partial charge on any atom is 0.405 e. The van der Waals surface area contributed by atoms with Crippen LogP contribution in [0.1, 0.15) is 47.0 Å². The molecule has 1 rings (SSSR count). The van der Waals surface area contributed by atoms with Gasteiger partial charge >= 0.3 is 6.09 Å². The first-order valence-corrected chi connectivity index (χ1v) is 9.57. The third-order valence-electron chi connectivity index (χ3n) is 4.43. The zero-order valence-corrected chi connectivity index (χ0v) is 16.8. The van der Waals surface area contributed by atoms with Crippen LogP contribution < -0.4 is 21.3 Å². The first kappa shape index (κ1) is 23.7. The Morgan fingerprint density at radius 1 is 1.11 bits per heavy atom. The summed E-state index contributed by atoms with van der Waals surface area (Å²) < 4.78 is 0. The molecule has 2 unspecified atom stereocenters. The van der Waals surface area contributed by atoms with Crippen molar-refractivity contribution in [1.82, 2.24) is 21.3 Å². The molecule has 0 bridgehead atoms. The highest BCUT2D eigenvalue weighted by atomic mass is 16.4. The van der Waals surface area contributed by atoms with Crippen molar-refractivity contribution < 1.29 is 29.4 Å². The third kappa shape index (κ3) is 7.71. The standard InChI is InChI=1S/C18H32N4O6/c1-9(2)7-13(22-18(27)28)16(25)21-12(8-11-5-6-19-15(11)24)14(23)17(26)20-10(3)4/h9-14,22-23H,5-8H2,1-4H3,(H,19,24)(H,20,26)(H,21,25)(H,27,28)/t11?,12-,13-,14?/m0/s1. The summed E-state index contributed by atoms with van der Waals surface area (Å²) in [7, 11) is 0. The molecule has 0 spiro atoms. The van der Waals surface area contributed by atoms with E-state index in [0.717, 1.165) is 0 Å². The predicted octanol–water partition coefficient (Wildman–Crippen LogP) is -0.435. The summed E-state index contributed by atoms with van der Waals surface area (Å²) in [5.41, 5.74) is 0. The second kappa shape index (κ2) is 10.8. The summed E-state index contributed by atoms with van der Waals surface area (Å²) in [6.45, 7) is 7.65. The van der Waals surface area contributed by atoms with E-state index in [1.54, 1.807) is 13.8 Å². The molecule has 1 aliphatic heterocycles. The van der Waals surface area contributed by atoms with Gasteiger partial charge in [0.05, 0.1) is 6.04 Å². The molecule has 1 heterocycles. The lowest BCUT2D eigenvalue weighted by Crippen LogP contribution is -2.56. The fraction of sp³-hybridized carbons (Fsp3) is 0.778. The van der Waals surface area contributed by atoms with Crippen LogP contribution in [0.2, 0.25) is 0 Å². The van der Waals surface area contributed by atoms with Gasteiger partial charge < -0.3 is 31.5 Å². The van der Waals surface area contributed by atoms with Gasteiger partial charge in [-0.25, -0.2) is 4.79 Å². The average molecular weight is 400 g/mol. The molecule has 4 amide bonds. The molecule has 1 saturated heterocycles. The number of aliphatic hydroxyl groups excluding tert-OH is 1. The van der Waals surface area contributed by atoms with Gasteiger partial charge in [0, 0.05) is 18.5 Å². The molecular weight excluding hydrogens is 368 g/mol. The van der Waals surface area contributed by atoms with Gasteiger partial charge in [-0.05, 0) is 39.0 Å². The summed E-state index contributed by atoms with van der Waals surface area (Å²) in [4.78, 5) is 47.8. The predicted molar refractivity (Wildman–Crippen MR) is 101 cm³/mol. The molecule has 1 aliphatic rings. The minimum atomic E-state index is -1.57. The highest BCUT2D eigenvalue weighted by Gasteiger charge is 2.35. The topological polar surface area (TPSA) is 157 Å². The largest absolute Gasteiger partial charge is 0.465 e. The van der Waals surface area contributed by atoms with Crippen molar-refractivity contribution in [3.8, 4) is 0 Å². The lowest BCUT2D eigenvalue weighted by atomic mass is 9.93. The number of amides is 4. The molecule has 1 fully saturated rings. The zero-order chi connectivity index (χ0) is 21.4. The fourth-order valence-electron chi connectivity index (χ4n) is 3.13. The van der Waals surface area contributed by atoms with E-state index in [9.17, 15) is 24.3 Å². The van der Waals surface area contributed by atoms with Gasteiger partial charge in [0.1, 0.15) is 6.04 Å². The smallest absolute Gasteiger partial charge is 0.405 e. The maximum absolute atomic E-state index is 12.6. The molecule has 0 aromatic carbocycles. The molecule has 10 heteroatoms. The van der Waals surface area contributed by atoms with Crippen LogP contribution in [0.3, 0.4) is 0 Å². The van der Waals surface area contributed by atoms with Crippen molar-refractivity contribution >= 4 is 23.8 Å². The molecule has 28 heavy (non-hydrogen) atoms. The molecule has 10 nitrogen and oxygen atoms in total. The number of nitrogens with one attached hydrogen (secondary N) is 4. The lowest BCUT2D eigenvalue weighted by Gasteiger charge is -2.28. The average Bonchev–Trinajstić information content (AvgIpc) is 2.96. The highest BCUT2D eigenvalue weighted by Crippen LogP contribution is 2.18. The van der Waals surface area contributed by atoms with Crippen LogP contribution in [0.25, 0.3) is 0 Å². The van der Waals surface area contributed by atoms with E-state index in [2.05, 4.69) is 21.3 Å². The van der Waals surface area contributed by atoms with Crippen LogP contribution >= 0.6 is 0 Å². The van der Waals surface area contributed by atoms with Gasteiger partial charge in [-0.15, -0.1) is 0 Å². The van der Waals surface area contributed by atoms with Crippen molar-refractivity contribution in [3.63, 3.8) is 0 Å². The fourth-order valence-corrected chi connectivity index (χ4v) is 3.13. The zero-order valence-electron chi connectivity index (χ0n) is 16.8. The second-order valence-electron chi connectivity index (χ2n) is 7.87. The molecule has 0 aromatic heterocycles. The van der Waals surface area contributed by atoms with Crippen LogP contribution in [-0.4, -0.2) is 64.8 Å². The van der Waals surface area contributed by atoms with Crippen molar-refractivity contribution in [1.29, 1.82) is 0 Å². The lowest BCUT2D eigenvalue weighted by molar-refractivity contribution is -0.134. The molecule has 0 saturated carbocycles. The van der Waals surface area contributed by atoms with E-state index in [1.165, 1.54) is 0 Å². The van der Waals surface area contributed by atoms with Gasteiger partial charge in [-0.1, -0.05) is 13.8 Å². The van der Waals surface area contributed by atoms with Crippen molar-refractivity contribution in [2.45, 2.75) is 71.2 Å². The Morgan fingerprint density at radius 2 is 1.75 bits per heavy atom. The minimum Gasteiger partial charge on any atom is -0.465 e. The Hall–Kier alpha value is -2.36. The van der Waals surface area contributed by atoms with Crippen LogP contribution in [0, 0.1) is 11.8 Å². The second-order valence-corrected chi connectivity index (χ2v) is 7.87.